The monoisotopic (exact) mass is 409 g/mol. The highest BCUT2D eigenvalue weighted by atomic mass is 32.2. The first-order valence-electron chi connectivity index (χ1n) is 8.57. The van der Waals surface area contributed by atoms with Gasteiger partial charge in [0.25, 0.3) is 11.8 Å². The zero-order valence-corrected chi connectivity index (χ0v) is 16.1. The van der Waals surface area contributed by atoms with Crippen molar-refractivity contribution >= 4 is 29.5 Å². The highest BCUT2D eigenvalue weighted by Gasteiger charge is 2.38. The van der Waals surface area contributed by atoms with Gasteiger partial charge in [0, 0.05) is 18.1 Å². The van der Waals surface area contributed by atoms with Crippen molar-refractivity contribution in [2.45, 2.75) is 5.16 Å². The van der Waals surface area contributed by atoms with Crippen LogP contribution in [-0.2, 0) is 9.63 Å². The van der Waals surface area contributed by atoms with Gasteiger partial charge < -0.3 is 9.57 Å². The second kappa shape index (κ2) is 7.80. The van der Waals surface area contributed by atoms with Gasteiger partial charge in [-0.05, 0) is 36.4 Å². The average Bonchev–Trinajstić information content (AvgIpc) is 3.32. The van der Waals surface area contributed by atoms with E-state index in [4.69, 9.17) is 9.57 Å². The summed E-state index contributed by atoms with van der Waals surface area (Å²) >= 11 is 1.13. The molecule has 0 radical (unpaired) electrons. The van der Waals surface area contributed by atoms with Gasteiger partial charge in [0.2, 0.25) is 0 Å². The van der Waals surface area contributed by atoms with Gasteiger partial charge >= 0.3 is 5.97 Å². The van der Waals surface area contributed by atoms with Crippen LogP contribution in [0.1, 0.15) is 20.7 Å². The number of hydroxylamine groups is 2. The topological polar surface area (TPSA) is 90.7 Å². The van der Waals surface area contributed by atoms with E-state index >= 15 is 0 Å². The van der Waals surface area contributed by atoms with Gasteiger partial charge in [-0.1, -0.05) is 29.0 Å². The Morgan fingerprint density at radius 1 is 1.03 bits per heavy atom. The molecule has 0 fully saturated rings. The summed E-state index contributed by atoms with van der Waals surface area (Å²) in [7, 11) is 1.59. The lowest BCUT2D eigenvalue weighted by atomic mass is 10.1. The number of rotatable bonds is 6. The van der Waals surface area contributed by atoms with Crippen LogP contribution >= 0.6 is 11.8 Å². The second-order valence-corrected chi connectivity index (χ2v) is 6.92. The number of thioether (sulfide) groups is 1. The van der Waals surface area contributed by atoms with Crippen LogP contribution in [0, 0.1) is 0 Å². The van der Waals surface area contributed by atoms with Crippen LogP contribution in [0.25, 0.3) is 5.69 Å². The molecular formula is C20H15N3O5S. The van der Waals surface area contributed by atoms with E-state index in [2.05, 4.69) is 4.98 Å². The lowest BCUT2D eigenvalue weighted by molar-refractivity contribution is -0.165. The largest absolute Gasteiger partial charge is 0.497 e. The minimum Gasteiger partial charge on any atom is -0.497 e. The summed E-state index contributed by atoms with van der Waals surface area (Å²) in [6.45, 7) is 0. The minimum atomic E-state index is -0.728. The quantitative estimate of drug-likeness (QED) is 0.457. The lowest BCUT2D eigenvalue weighted by Gasteiger charge is -2.12. The molecule has 0 saturated heterocycles. The van der Waals surface area contributed by atoms with Crippen LogP contribution in [0.4, 0.5) is 0 Å². The first-order chi connectivity index (χ1) is 14.1. The Hall–Kier alpha value is -3.59. The third-order valence-corrected chi connectivity index (χ3v) is 5.17. The van der Waals surface area contributed by atoms with E-state index in [9.17, 15) is 14.4 Å². The molecule has 0 aliphatic carbocycles. The maximum atomic E-state index is 12.3. The Bertz CT molecular complexity index is 1060. The number of carbonyl (C=O) groups excluding carboxylic acids is 3. The molecule has 0 unspecified atom stereocenters. The molecular weight excluding hydrogens is 394 g/mol. The van der Waals surface area contributed by atoms with Crippen LogP contribution in [0.2, 0.25) is 0 Å². The number of imidazole rings is 1. The van der Waals surface area contributed by atoms with Gasteiger partial charge in [-0.15, -0.1) is 0 Å². The van der Waals surface area contributed by atoms with Crippen molar-refractivity contribution in [1.29, 1.82) is 0 Å². The Morgan fingerprint density at radius 2 is 1.69 bits per heavy atom. The molecule has 0 atom stereocenters. The van der Waals surface area contributed by atoms with Gasteiger partial charge in [0.05, 0.1) is 18.2 Å². The van der Waals surface area contributed by atoms with Crippen molar-refractivity contribution in [3.63, 3.8) is 0 Å². The predicted octanol–water partition coefficient (Wildman–Crippen LogP) is 2.73. The average molecular weight is 409 g/mol. The number of amides is 2. The number of imide groups is 1. The zero-order valence-electron chi connectivity index (χ0n) is 15.3. The molecule has 0 bridgehead atoms. The molecule has 2 heterocycles. The first-order valence-corrected chi connectivity index (χ1v) is 9.56. The normalized spacial score (nSPS) is 12.8. The van der Waals surface area contributed by atoms with E-state index in [1.807, 2.05) is 24.3 Å². The van der Waals surface area contributed by atoms with Crippen LogP contribution in [0.5, 0.6) is 5.75 Å². The summed E-state index contributed by atoms with van der Waals surface area (Å²) < 4.78 is 6.95. The minimum absolute atomic E-state index is 0.124. The second-order valence-electron chi connectivity index (χ2n) is 5.98. The fraction of sp³-hybridized carbons (Fsp3) is 0.100. The van der Waals surface area contributed by atoms with E-state index in [0.717, 1.165) is 23.2 Å². The van der Waals surface area contributed by atoms with Crippen LogP contribution in [0.3, 0.4) is 0 Å². The van der Waals surface area contributed by atoms with E-state index < -0.39 is 17.8 Å². The summed E-state index contributed by atoms with van der Waals surface area (Å²) in [5, 5.41) is 1.07. The molecule has 1 aliphatic heterocycles. The number of hydrogen-bond acceptors (Lipinski definition) is 7. The fourth-order valence-electron chi connectivity index (χ4n) is 2.84. The molecule has 8 nitrogen and oxygen atoms in total. The van der Waals surface area contributed by atoms with E-state index in [-0.39, 0.29) is 16.9 Å². The van der Waals surface area contributed by atoms with Gasteiger partial charge in [0.1, 0.15) is 11.5 Å². The van der Waals surface area contributed by atoms with Crippen molar-refractivity contribution in [3.05, 3.63) is 72.1 Å². The molecule has 9 heteroatoms. The molecule has 146 valence electrons. The summed E-state index contributed by atoms with van der Waals surface area (Å²) in [6.07, 6.45) is 3.38. The molecule has 2 amide bonds. The molecule has 0 spiro atoms. The smallest absolute Gasteiger partial charge is 0.343 e. The lowest BCUT2D eigenvalue weighted by Crippen LogP contribution is -2.33. The summed E-state index contributed by atoms with van der Waals surface area (Å²) in [5.74, 6) is -1.42. The van der Waals surface area contributed by atoms with Crippen molar-refractivity contribution in [2.75, 3.05) is 12.9 Å². The number of benzene rings is 2. The van der Waals surface area contributed by atoms with Crippen molar-refractivity contribution in [3.8, 4) is 11.4 Å². The SMILES string of the molecule is COc1ccc(-n2ccnc2SCC(=O)ON2C(=O)c3ccccc3C2=O)cc1. The summed E-state index contributed by atoms with van der Waals surface area (Å²) in [6, 6.07) is 13.7. The highest BCUT2D eigenvalue weighted by Crippen LogP contribution is 2.25. The number of fused-ring (bicyclic) bond motifs is 1. The van der Waals surface area contributed by atoms with Crippen molar-refractivity contribution in [2.24, 2.45) is 0 Å². The van der Waals surface area contributed by atoms with E-state index in [1.54, 1.807) is 36.2 Å². The molecule has 1 aliphatic rings. The van der Waals surface area contributed by atoms with Crippen molar-refractivity contribution < 1.29 is 24.0 Å². The summed E-state index contributed by atoms with van der Waals surface area (Å²) in [4.78, 5) is 46.0. The first kappa shape index (κ1) is 18.8. The third-order valence-electron chi connectivity index (χ3n) is 4.23. The van der Waals surface area contributed by atoms with Gasteiger partial charge in [0.15, 0.2) is 5.16 Å². The third kappa shape index (κ3) is 3.59. The molecule has 0 saturated carbocycles. The number of methoxy groups -OCH3 is 1. The molecule has 3 aromatic rings. The number of carbonyl (C=O) groups is 3. The van der Waals surface area contributed by atoms with E-state index in [0.29, 0.717) is 10.2 Å². The molecule has 1 aromatic heterocycles. The maximum absolute atomic E-state index is 12.3. The Kier molecular flexibility index (Phi) is 5.05. The number of ether oxygens (including phenoxy) is 1. The van der Waals surface area contributed by atoms with Gasteiger partial charge in [-0.3, -0.25) is 14.2 Å². The molecule has 29 heavy (non-hydrogen) atoms. The van der Waals surface area contributed by atoms with Crippen LogP contribution < -0.4 is 4.74 Å². The number of hydrogen-bond donors (Lipinski definition) is 0. The standard InChI is InChI=1S/C20H15N3O5S/c1-27-14-8-6-13(7-9-14)22-11-10-21-20(22)29-12-17(24)28-23-18(25)15-4-2-3-5-16(15)19(23)26/h2-11H,12H2,1H3. The summed E-state index contributed by atoms with van der Waals surface area (Å²) in [5.41, 5.74) is 1.28. The van der Waals surface area contributed by atoms with E-state index in [1.165, 1.54) is 12.1 Å². The Balaban J connectivity index is 1.41. The Morgan fingerprint density at radius 3 is 2.31 bits per heavy atom. The highest BCUT2D eigenvalue weighted by molar-refractivity contribution is 7.99. The fourth-order valence-corrected chi connectivity index (χ4v) is 3.58. The molecule has 0 N–H and O–H groups in total. The maximum Gasteiger partial charge on any atom is 0.343 e. The molecule has 4 rings (SSSR count). The predicted molar refractivity (Wildman–Crippen MR) is 104 cm³/mol. The van der Waals surface area contributed by atoms with Gasteiger partial charge in [-0.2, -0.15) is 0 Å². The molecule has 2 aromatic carbocycles. The number of aromatic nitrogens is 2. The number of nitrogens with zero attached hydrogens (tertiary/aromatic N) is 3. The van der Waals surface area contributed by atoms with Crippen LogP contribution in [0.15, 0.2) is 66.1 Å². The zero-order chi connectivity index (χ0) is 20.4. The Labute approximate surface area is 170 Å². The van der Waals surface area contributed by atoms with Crippen LogP contribution in [-0.4, -0.2) is 45.3 Å². The van der Waals surface area contributed by atoms with Gasteiger partial charge in [-0.25, -0.2) is 9.78 Å². The van der Waals surface area contributed by atoms with Crippen molar-refractivity contribution in [1.82, 2.24) is 14.6 Å².